The van der Waals surface area contributed by atoms with Gasteiger partial charge in [-0.25, -0.2) is 0 Å². The van der Waals surface area contributed by atoms with Crippen molar-refractivity contribution >= 4 is 5.69 Å². The fourth-order valence-electron chi connectivity index (χ4n) is 1.42. The number of nitrogen functional groups attached to an aromatic ring is 1. The van der Waals surface area contributed by atoms with Gasteiger partial charge in [0.15, 0.2) is 0 Å². The van der Waals surface area contributed by atoms with Crippen molar-refractivity contribution in [3.8, 4) is 11.5 Å². The van der Waals surface area contributed by atoms with Crippen LogP contribution < -0.4 is 10.5 Å². The third-order valence-corrected chi connectivity index (χ3v) is 2.22. The van der Waals surface area contributed by atoms with Gasteiger partial charge in [-0.05, 0) is 12.1 Å². The third kappa shape index (κ3) is 1.75. The van der Waals surface area contributed by atoms with Gasteiger partial charge in [0.1, 0.15) is 23.3 Å². The molecule has 1 atom stereocenters. The lowest BCUT2D eigenvalue weighted by Gasteiger charge is -2.13. The van der Waals surface area contributed by atoms with Gasteiger partial charge in [0.25, 0.3) is 0 Å². The molecule has 0 bridgehead atoms. The van der Waals surface area contributed by atoms with E-state index in [2.05, 4.69) is 0 Å². The average molecular weight is 195 g/mol. The summed E-state index contributed by atoms with van der Waals surface area (Å²) in [6.07, 6.45) is 0.925. The molecule has 76 valence electrons. The van der Waals surface area contributed by atoms with Crippen LogP contribution in [0, 0.1) is 0 Å². The van der Waals surface area contributed by atoms with Crippen molar-refractivity contribution in [1.29, 1.82) is 0 Å². The molecule has 4 heteroatoms. The van der Waals surface area contributed by atoms with E-state index in [1.807, 2.05) is 0 Å². The lowest BCUT2D eigenvalue weighted by molar-refractivity contribution is 0.141. The number of rotatable bonds is 2. The van der Waals surface area contributed by atoms with E-state index < -0.39 is 0 Å². The molecule has 1 heterocycles. The molecule has 1 fully saturated rings. The van der Waals surface area contributed by atoms with Gasteiger partial charge in [0.05, 0.1) is 13.2 Å². The quantitative estimate of drug-likeness (QED) is 0.548. The van der Waals surface area contributed by atoms with Crippen LogP contribution >= 0.6 is 0 Å². The monoisotopic (exact) mass is 195 g/mol. The van der Waals surface area contributed by atoms with Crippen molar-refractivity contribution in [1.82, 2.24) is 0 Å². The number of anilines is 1. The Balaban J connectivity index is 2.11. The molecule has 0 spiro atoms. The Kier molecular flexibility index (Phi) is 2.45. The minimum absolute atomic E-state index is 0.0547. The van der Waals surface area contributed by atoms with E-state index in [4.69, 9.17) is 15.2 Å². The number of nitrogens with two attached hydrogens (primary N) is 1. The van der Waals surface area contributed by atoms with Gasteiger partial charge in [-0.15, -0.1) is 0 Å². The predicted molar refractivity (Wildman–Crippen MR) is 52.4 cm³/mol. The zero-order valence-corrected chi connectivity index (χ0v) is 7.77. The number of benzene rings is 1. The summed E-state index contributed by atoms with van der Waals surface area (Å²) in [5.74, 6) is 0.585. The first-order chi connectivity index (χ1) is 6.77. The number of aromatic hydroxyl groups is 1. The second-order valence-corrected chi connectivity index (χ2v) is 3.29. The molecule has 0 radical (unpaired) electrons. The number of phenols is 1. The Morgan fingerprint density at radius 2 is 2.36 bits per heavy atom. The Morgan fingerprint density at radius 3 is 3.07 bits per heavy atom. The molecular weight excluding hydrogens is 182 g/mol. The molecule has 1 aliphatic rings. The molecule has 0 aliphatic carbocycles. The van der Waals surface area contributed by atoms with Crippen LogP contribution in [0.15, 0.2) is 18.2 Å². The normalized spacial score (nSPS) is 21.0. The van der Waals surface area contributed by atoms with E-state index in [0.717, 1.165) is 13.0 Å². The highest BCUT2D eigenvalue weighted by Gasteiger charge is 2.18. The first-order valence-electron chi connectivity index (χ1n) is 4.59. The molecule has 0 amide bonds. The molecule has 0 aromatic heterocycles. The van der Waals surface area contributed by atoms with Crippen molar-refractivity contribution in [3.05, 3.63) is 18.2 Å². The van der Waals surface area contributed by atoms with Crippen molar-refractivity contribution < 1.29 is 14.6 Å². The smallest absolute Gasteiger partial charge is 0.146 e. The van der Waals surface area contributed by atoms with Crippen LogP contribution in [0.3, 0.4) is 0 Å². The molecular formula is C10H13NO3. The van der Waals surface area contributed by atoms with Crippen LogP contribution in [0.2, 0.25) is 0 Å². The summed E-state index contributed by atoms with van der Waals surface area (Å²) in [4.78, 5) is 0. The standard InChI is InChI=1S/C10H13NO3/c11-10-8(12)2-1-3-9(10)14-7-4-5-13-6-7/h1-3,7,12H,4-6,11H2. The van der Waals surface area contributed by atoms with Crippen molar-refractivity contribution in [2.45, 2.75) is 12.5 Å². The second kappa shape index (κ2) is 3.75. The van der Waals surface area contributed by atoms with Gasteiger partial charge in [0.2, 0.25) is 0 Å². The lowest BCUT2D eigenvalue weighted by Crippen LogP contribution is -2.16. The highest BCUT2D eigenvalue weighted by atomic mass is 16.5. The lowest BCUT2D eigenvalue weighted by atomic mass is 10.2. The fraction of sp³-hybridized carbons (Fsp3) is 0.400. The largest absolute Gasteiger partial charge is 0.506 e. The van der Waals surface area contributed by atoms with Crippen LogP contribution in [-0.2, 0) is 4.74 Å². The van der Waals surface area contributed by atoms with Gasteiger partial charge in [-0.1, -0.05) is 6.07 Å². The van der Waals surface area contributed by atoms with Gasteiger partial charge in [0, 0.05) is 6.42 Å². The van der Waals surface area contributed by atoms with Crippen molar-refractivity contribution in [2.24, 2.45) is 0 Å². The number of hydrogen-bond acceptors (Lipinski definition) is 4. The molecule has 4 nitrogen and oxygen atoms in total. The molecule has 1 aliphatic heterocycles. The Labute approximate surface area is 82.2 Å². The summed E-state index contributed by atoms with van der Waals surface area (Å²) in [5.41, 5.74) is 5.94. The molecule has 1 aromatic carbocycles. The van der Waals surface area contributed by atoms with E-state index in [-0.39, 0.29) is 11.9 Å². The van der Waals surface area contributed by atoms with Crippen LogP contribution in [0.1, 0.15) is 6.42 Å². The van der Waals surface area contributed by atoms with Crippen LogP contribution in [0.4, 0.5) is 5.69 Å². The molecule has 1 aromatic rings. The van der Waals surface area contributed by atoms with Gasteiger partial charge in [-0.3, -0.25) is 0 Å². The van der Waals surface area contributed by atoms with E-state index in [0.29, 0.717) is 18.0 Å². The summed E-state index contributed by atoms with van der Waals surface area (Å²) >= 11 is 0. The fourth-order valence-corrected chi connectivity index (χ4v) is 1.42. The second-order valence-electron chi connectivity index (χ2n) is 3.29. The Hall–Kier alpha value is -1.42. The highest BCUT2D eigenvalue weighted by molar-refractivity contribution is 5.61. The Bertz CT molecular complexity index is 321. The highest BCUT2D eigenvalue weighted by Crippen LogP contribution is 2.31. The van der Waals surface area contributed by atoms with Crippen molar-refractivity contribution in [3.63, 3.8) is 0 Å². The zero-order chi connectivity index (χ0) is 9.97. The molecule has 3 N–H and O–H groups in total. The number of phenolic OH excluding ortho intramolecular Hbond substituents is 1. The van der Waals surface area contributed by atoms with Crippen molar-refractivity contribution in [2.75, 3.05) is 18.9 Å². The van der Waals surface area contributed by atoms with Crippen LogP contribution in [0.25, 0.3) is 0 Å². The minimum Gasteiger partial charge on any atom is -0.506 e. The summed E-state index contributed by atoms with van der Waals surface area (Å²) < 4.78 is 10.7. The SMILES string of the molecule is Nc1c(O)cccc1OC1CCOC1. The molecule has 14 heavy (non-hydrogen) atoms. The zero-order valence-electron chi connectivity index (χ0n) is 7.77. The molecule has 1 unspecified atom stereocenters. The average Bonchev–Trinajstić information content (AvgIpc) is 2.66. The summed E-state index contributed by atoms with van der Waals surface area (Å²) in [7, 11) is 0. The molecule has 0 saturated carbocycles. The number of hydrogen-bond donors (Lipinski definition) is 2. The maximum atomic E-state index is 9.34. The van der Waals surface area contributed by atoms with Crippen LogP contribution in [-0.4, -0.2) is 24.4 Å². The number of ether oxygens (including phenoxy) is 2. The topological polar surface area (TPSA) is 64.7 Å². The Morgan fingerprint density at radius 1 is 1.50 bits per heavy atom. The van der Waals surface area contributed by atoms with Crippen LogP contribution in [0.5, 0.6) is 11.5 Å². The summed E-state index contributed by atoms with van der Waals surface area (Å²) in [5, 5.41) is 9.34. The molecule has 1 saturated heterocycles. The number of para-hydroxylation sites is 1. The first-order valence-corrected chi connectivity index (χ1v) is 4.59. The van der Waals surface area contributed by atoms with Gasteiger partial charge < -0.3 is 20.3 Å². The predicted octanol–water partition coefficient (Wildman–Crippen LogP) is 1.14. The van der Waals surface area contributed by atoms with E-state index >= 15 is 0 Å². The van der Waals surface area contributed by atoms with E-state index in [1.165, 1.54) is 6.07 Å². The molecule has 2 rings (SSSR count). The van der Waals surface area contributed by atoms with Gasteiger partial charge >= 0.3 is 0 Å². The maximum absolute atomic E-state index is 9.34. The third-order valence-electron chi connectivity index (χ3n) is 2.22. The summed E-state index contributed by atoms with van der Waals surface area (Å²) in [6.45, 7) is 1.32. The van der Waals surface area contributed by atoms with E-state index in [9.17, 15) is 5.11 Å². The maximum Gasteiger partial charge on any atom is 0.146 e. The minimum atomic E-state index is 0.0547. The first kappa shape index (κ1) is 9.15. The van der Waals surface area contributed by atoms with E-state index in [1.54, 1.807) is 12.1 Å². The summed E-state index contributed by atoms with van der Waals surface area (Å²) in [6, 6.07) is 4.98. The van der Waals surface area contributed by atoms with Gasteiger partial charge in [-0.2, -0.15) is 0 Å².